The van der Waals surface area contributed by atoms with E-state index in [0.717, 1.165) is 12.8 Å². The first-order valence-corrected chi connectivity index (χ1v) is 4.81. The van der Waals surface area contributed by atoms with Crippen molar-refractivity contribution >= 4 is 6.03 Å². The van der Waals surface area contributed by atoms with Crippen LogP contribution in [0, 0.1) is 0 Å². The first kappa shape index (κ1) is 9.36. The second kappa shape index (κ2) is 5.01. The number of hydrogen-bond acceptors (Lipinski definition) is 1. The van der Waals surface area contributed by atoms with E-state index >= 15 is 0 Å². The minimum Gasteiger partial charge on any atom is -0.341 e. The van der Waals surface area contributed by atoms with Gasteiger partial charge in [0, 0.05) is 13.1 Å². The van der Waals surface area contributed by atoms with Gasteiger partial charge in [0.2, 0.25) is 0 Å². The maximum atomic E-state index is 11.0. The fourth-order valence-corrected chi connectivity index (χ4v) is 1.68. The van der Waals surface area contributed by atoms with Crippen molar-refractivity contribution in [2.45, 2.75) is 44.6 Å². The van der Waals surface area contributed by atoms with Gasteiger partial charge in [0.25, 0.3) is 0 Å². The molecular formula is C9H18N2O. The van der Waals surface area contributed by atoms with Crippen LogP contribution in [0.15, 0.2) is 0 Å². The molecule has 1 saturated carbocycles. The van der Waals surface area contributed by atoms with Crippen LogP contribution < -0.4 is 10.6 Å². The molecule has 1 aliphatic carbocycles. The van der Waals surface area contributed by atoms with E-state index in [4.69, 9.17) is 0 Å². The van der Waals surface area contributed by atoms with Crippen molar-refractivity contribution in [3.8, 4) is 0 Å². The van der Waals surface area contributed by atoms with Gasteiger partial charge in [-0.2, -0.15) is 0 Å². The second-order valence-electron chi connectivity index (χ2n) is 3.41. The molecule has 0 saturated heterocycles. The van der Waals surface area contributed by atoms with E-state index in [0.29, 0.717) is 6.04 Å². The first-order chi connectivity index (χ1) is 5.83. The Hall–Kier alpha value is -0.730. The summed E-state index contributed by atoms with van der Waals surface area (Å²) < 4.78 is 0. The number of rotatable bonds is 1. The van der Waals surface area contributed by atoms with E-state index in [-0.39, 0.29) is 6.03 Å². The first-order valence-electron chi connectivity index (χ1n) is 4.81. The van der Waals surface area contributed by atoms with Crippen LogP contribution in [0.25, 0.3) is 0 Å². The van der Waals surface area contributed by atoms with E-state index in [9.17, 15) is 4.79 Å². The van der Waals surface area contributed by atoms with Crippen molar-refractivity contribution in [1.29, 1.82) is 0 Å². The molecule has 12 heavy (non-hydrogen) atoms. The van der Waals surface area contributed by atoms with Crippen LogP contribution in [0.2, 0.25) is 0 Å². The zero-order valence-corrected chi connectivity index (χ0v) is 7.73. The molecule has 0 spiro atoms. The molecule has 70 valence electrons. The third-order valence-corrected chi connectivity index (χ3v) is 2.42. The van der Waals surface area contributed by atoms with Crippen LogP contribution in [-0.2, 0) is 0 Å². The molecule has 0 aliphatic heterocycles. The van der Waals surface area contributed by atoms with Gasteiger partial charge in [0.15, 0.2) is 0 Å². The van der Waals surface area contributed by atoms with E-state index in [1.807, 2.05) is 0 Å². The highest BCUT2D eigenvalue weighted by atomic mass is 16.2. The lowest BCUT2D eigenvalue weighted by Crippen LogP contribution is -2.40. The van der Waals surface area contributed by atoms with Crippen LogP contribution in [0.5, 0.6) is 0 Å². The van der Waals surface area contributed by atoms with E-state index in [1.54, 1.807) is 7.05 Å². The van der Waals surface area contributed by atoms with Crippen molar-refractivity contribution in [1.82, 2.24) is 10.6 Å². The van der Waals surface area contributed by atoms with Gasteiger partial charge in [-0.1, -0.05) is 25.7 Å². The van der Waals surface area contributed by atoms with Crippen molar-refractivity contribution in [2.75, 3.05) is 7.05 Å². The zero-order chi connectivity index (χ0) is 8.81. The Labute approximate surface area is 73.9 Å². The minimum atomic E-state index is -0.0399. The van der Waals surface area contributed by atoms with Gasteiger partial charge in [0.05, 0.1) is 0 Å². The number of carbonyl (C=O) groups is 1. The highest BCUT2D eigenvalue weighted by Crippen LogP contribution is 2.16. The number of urea groups is 1. The lowest BCUT2D eigenvalue weighted by molar-refractivity contribution is 0.237. The average molecular weight is 170 g/mol. The van der Waals surface area contributed by atoms with Gasteiger partial charge in [-0.15, -0.1) is 0 Å². The molecule has 0 aromatic carbocycles. The largest absolute Gasteiger partial charge is 0.341 e. The second-order valence-corrected chi connectivity index (χ2v) is 3.41. The Kier molecular flexibility index (Phi) is 3.91. The fraction of sp³-hybridized carbons (Fsp3) is 0.889. The quantitative estimate of drug-likeness (QED) is 0.577. The maximum Gasteiger partial charge on any atom is 0.314 e. The van der Waals surface area contributed by atoms with E-state index in [1.165, 1.54) is 25.7 Å². The smallest absolute Gasteiger partial charge is 0.314 e. The molecule has 3 heteroatoms. The molecule has 0 unspecified atom stereocenters. The van der Waals surface area contributed by atoms with Crippen LogP contribution in [0.3, 0.4) is 0 Å². The Morgan fingerprint density at radius 1 is 1.17 bits per heavy atom. The summed E-state index contributed by atoms with van der Waals surface area (Å²) in [6.07, 6.45) is 7.46. The summed E-state index contributed by atoms with van der Waals surface area (Å²) in [4.78, 5) is 11.0. The van der Waals surface area contributed by atoms with Gasteiger partial charge in [-0.3, -0.25) is 0 Å². The zero-order valence-electron chi connectivity index (χ0n) is 7.73. The Balaban J connectivity index is 2.24. The SMILES string of the molecule is CNC(=O)NC1CCCCCC1. The van der Waals surface area contributed by atoms with Crippen molar-refractivity contribution in [3.63, 3.8) is 0 Å². The molecule has 0 radical (unpaired) electrons. The lowest BCUT2D eigenvalue weighted by Gasteiger charge is -2.15. The normalized spacial score (nSPS) is 19.8. The average Bonchev–Trinajstić information content (AvgIpc) is 2.33. The Morgan fingerprint density at radius 3 is 2.25 bits per heavy atom. The van der Waals surface area contributed by atoms with Gasteiger partial charge in [-0.05, 0) is 12.8 Å². The lowest BCUT2D eigenvalue weighted by atomic mass is 10.1. The molecule has 3 nitrogen and oxygen atoms in total. The summed E-state index contributed by atoms with van der Waals surface area (Å²) in [5.41, 5.74) is 0. The molecule has 0 heterocycles. The predicted octanol–water partition coefficient (Wildman–Crippen LogP) is 1.64. The molecular weight excluding hydrogens is 152 g/mol. The molecule has 0 aromatic heterocycles. The molecule has 2 N–H and O–H groups in total. The van der Waals surface area contributed by atoms with Crippen molar-refractivity contribution < 1.29 is 4.79 Å². The molecule has 0 aromatic rings. The molecule has 0 atom stereocenters. The summed E-state index contributed by atoms with van der Waals surface area (Å²) in [7, 11) is 1.66. The summed E-state index contributed by atoms with van der Waals surface area (Å²) in [6.45, 7) is 0. The summed E-state index contributed by atoms with van der Waals surface area (Å²) in [6, 6.07) is 0.370. The van der Waals surface area contributed by atoms with E-state index in [2.05, 4.69) is 10.6 Å². The van der Waals surface area contributed by atoms with Crippen LogP contribution in [0.4, 0.5) is 4.79 Å². The standard InChI is InChI=1S/C9H18N2O/c1-10-9(12)11-8-6-4-2-3-5-7-8/h8H,2-7H2,1H3,(H2,10,11,12). The van der Waals surface area contributed by atoms with Crippen LogP contribution in [0.1, 0.15) is 38.5 Å². The Bertz CT molecular complexity index is 139. The topological polar surface area (TPSA) is 41.1 Å². The summed E-state index contributed by atoms with van der Waals surface area (Å²) in [5, 5.41) is 5.54. The van der Waals surface area contributed by atoms with Gasteiger partial charge in [-0.25, -0.2) is 4.79 Å². The van der Waals surface area contributed by atoms with Gasteiger partial charge < -0.3 is 10.6 Å². The maximum absolute atomic E-state index is 11.0. The van der Waals surface area contributed by atoms with E-state index < -0.39 is 0 Å². The molecule has 1 fully saturated rings. The molecule has 1 aliphatic rings. The monoisotopic (exact) mass is 170 g/mol. The van der Waals surface area contributed by atoms with Gasteiger partial charge in [0.1, 0.15) is 0 Å². The third kappa shape index (κ3) is 3.11. The van der Waals surface area contributed by atoms with Crippen LogP contribution in [-0.4, -0.2) is 19.1 Å². The Morgan fingerprint density at radius 2 is 1.75 bits per heavy atom. The van der Waals surface area contributed by atoms with Crippen molar-refractivity contribution in [2.24, 2.45) is 0 Å². The van der Waals surface area contributed by atoms with Crippen molar-refractivity contribution in [3.05, 3.63) is 0 Å². The summed E-state index contributed by atoms with van der Waals surface area (Å²) >= 11 is 0. The highest BCUT2D eigenvalue weighted by Gasteiger charge is 2.13. The number of amides is 2. The number of nitrogens with one attached hydrogen (secondary N) is 2. The highest BCUT2D eigenvalue weighted by molar-refractivity contribution is 5.73. The summed E-state index contributed by atoms with van der Waals surface area (Å²) in [5.74, 6) is 0. The fourth-order valence-electron chi connectivity index (χ4n) is 1.68. The molecule has 2 amide bonds. The number of hydrogen-bond donors (Lipinski definition) is 2. The van der Waals surface area contributed by atoms with Crippen LogP contribution >= 0.6 is 0 Å². The third-order valence-electron chi connectivity index (χ3n) is 2.42. The van der Waals surface area contributed by atoms with Gasteiger partial charge >= 0.3 is 6.03 Å². The molecule has 1 rings (SSSR count). The number of carbonyl (C=O) groups excluding carboxylic acids is 1. The molecule has 0 bridgehead atoms. The predicted molar refractivity (Wildman–Crippen MR) is 49.1 cm³/mol. The minimum absolute atomic E-state index is 0.0399.